The van der Waals surface area contributed by atoms with E-state index in [1.54, 1.807) is 12.1 Å². The van der Waals surface area contributed by atoms with Crippen molar-refractivity contribution >= 4 is 5.71 Å². The number of hydrogen-bond donors (Lipinski definition) is 2. The molecule has 7 nitrogen and oxygen atoms in total. The molecule has 26 heavy (non-hydrogen) atoms. The van der Waals surface area contributed by atoms with E-state index in [1.165, 1.54) is 27.6 Å². The van der Waals surface area contributed by atoms with Crippen LogP contribution in [0.3, 0.4) is 0 Å². The molecule has 1 atom stereocenters. The minimum Gasteiger partial charge on any atom is -0.493 e. The molecule has 1 unspecified atom stereocenters. The van der Waals surface area contributed by atoms with Crippen LogP contribution in [0.4, 0.5) is 0 Å². The van der Waals surface area contributed by atoms with Crippen molar-refractivity contribution < 1.29 is 24.2 Å². The molecular formula is C19H20N2O5. The maximum absolute atomic E-state index is 9.59. The van der Waals surface area contributed by atoms with E-state index in [0.717, 1.165) is 5.56 Å². The number of allylic oxidation sites excluding steroid dienone is 1. The molecule has 1 heterocycles. The van der Waals surface area contributed by atoms with Crippen molar-refractivity contribution in [1.82, 2.24) is 5.32 Å². The van der Waals surface area contributed by atoms with Crippen LogP contribution in [0.15, 0.2) is 59.6 Å². The topological polar surface area (TPSA) is 81.5 Å². The summed E-state index contributed by atoms with van der Waals surface area (Å²) in [7, 11) is 4.58. The zero-order valence-corrected chi connectivity index (χ0v) is 14.7. The molecule has 0 radical (unpaired) electrons. The average Bonchev–Trinajstić information content (AvgIpc) is 3.18. The Kier molecular flexibility index (Phi) is 5.17. The van der Waals surface area contributed by atoms with E-state index < -0.39 is 0 Å². The Bertz CT molecular complexity index is 808. The van der Waals surface area contributed by atoms with Crippen LogP contribution < -0.4 is 19.5 Å². The van der Waals surface area contributed by atoms with Gasteiger partial charge in [0, 0.05) is 11.1 Å². The number of nitrogens with zero attached hydrogens (tertiary/aromatic N) is 1. The lowest BCUT2D eigenvalue weighted by Gasteiger charge is -2.16. The molecule has 0 saturated carbocycles. The van der Waals surface area contributed by atoms with Crippen molar-refractivity contribution in [2.24, 2.45) is 5.16 Å². The van der Waals surface area contributed by atoms with Crippen molar-refractivity contribution in [3.05, 3.63) is 65.6 Å². The van der Waals surface area contributed by atoms with Crippen molar-refractivity contribution in [3.8, 4) is 17.2 Å². The monoisotopic (exact) mass is 356 g/mol. The Morgan fingerprint density at radius 2 is 1.69 bits per heavy atom. The van der Waals surface area contributed by atoms with Gasteiger partial charge in [-0.05, 0) is 12.1 Å². The quantitative estimate of drug-likeness (QED) is 0.470. The van der Waals surface area contributed by atoms with Crippen LogP contribution >= 0.6 is 0 Å². The maximum atomic E-state index is 9.59. The van der Waals surface area contributed by atoms with Gasteiger partial charge in [0.05, 0.1) is 21.3 Å². The van der Waals surface area contributed by atoms with Gasteiger partial charge in [0.1, 0.15) is 17.7 Å². The van der Waals surface area contributed by atoms with Gasteiger partial charge < -0.3 is 29.5 Å². The number of oxime groups is 1. The van der Waals surface area contributed by atoms with Crippen molar-refractivity contribution in [1.29, 1.82) is 0 Å². The molecule has 136 valence electrons. The maximum Gasteiger partial charge on any atom is 0.203 e. The zero-order chi connectivity index (χ0) is 18.5. The molecule has 0 spiro atoms. The predicted molar refractivity (Wildman–Crippen MR) is 95.9 cm³/mol. The van der Waals surface area contributed by atoms with Gasteiger partial charge in [-0.25, -0.2) is 0 Å². The lowest BCUT2D eigenvalue weighted by atomic mass is 10.1. The zero-order valence-electron chi connectivity index (χ0n) is 14.7. The molecule has 3 rings (SSSR count). The fraction of sp³-hybridized carbons (Fsp3) is 0.211. The molecule has 1 aliphatic heterocycles. The Morgan fingerprint density at radius 3 is 2.23 bits per heavy atom. The molecule has 2 aromatic carbocycles. The largest absolute Gasteiger partial charge is 0.493 e. The van der Waals surface area contributed by atoms with E-state index in [1.807, 2.05) is 30.3 Å². The van der Waals surface area contributed by atoms with Gasteiger partial charge in [0.25, 0.3) is 0 Å². The number of ether oxygens (including phenoxy) is 4. The number of rotatable bonds is 6. The van der Waals surface area contributed by atoms with E-state index in [0.29, 0.717) is 34.2 Å². The van der Waals surface area contributed by atoms with Crippen LogP contribution in [0.25, 0.3) is 0 Å². The predicted octanol–water partition coefficient (Wildman–Crippen LogP) is 3.05. The van der Waals surface area contributed by atoms with Crippen LogP contribution in [-0.2, 0) is 4.74 Å². The molecule has 0 fully saturated rings. The summed E-state index contributed by atoms with van der Waals surface area (Å²) < 4.78 is 21.7. The second-order valence-electron chi connectivity index (χ2n) is 5.47. The Labute approximate surface area is 151 Å². The van der Waals surface area contributed by atoms with Gasteiger partial charge in [-0.3, -0.25) is 0 Å². The lowest BCUT2D eigenvalue weighted by Crippen LogP contribution is -2.21. The van der Waals surface area contributed by atoms with E-state index in [4.69, 9.17) is 18.9 Å². The van der Waals surface area contributed by atoms with Gasteiger partial charge in [0.2, 0.25) is 5.75 Å². The average molecular weight is 356 g/mol. The first-order valence-corrected chi connectivity index (χ1v) is 7.91. The highest BCUT2D eigenvalue weighted by Crippen LogP contribution is 2.39. The van der Waals surface area contributed by atoms with Gasteiger partial charge in [0.15, 0.2) is 17.7 Å². The van der Waals surface area contributed by atoms with Crippen LogP contribution in [0, 0.1) is 0 Å². The first-order valence-electron chi connectivity index (χ1n) is 7.91. The first kappa shape index (κ1) is 17.5. The Balaban J connectivity index is 1.91. The van der Waals surface area contributed by atoms with Crippen molar-refractivity contribution in [2.75, 3.05) is 21.3 Å². The molecule has 0 aliphatic carbocycles. The highest BCUT2D eigenvalue weighted by atomic mass is 16.5. The number of methoxy groups -OCH3 is 3. The van der Waals surface area contributed by atoms with Crippen LogP contribution in [0.5, 0.6) is 17.2 Å². The van der Waals surface area contributed by atoms with Crippen molar-refractivity contribution in [2.45, 2.75) is 6.23 Å². The second kappa shape index (κ2) is 7.69. The van der Waals surface area contributed by atoms with Crippen LogP contribution in [-0.4, -0.2) is 32.2 Å². The number of hydrogen-bond acceptors (Lipinski definition) is 7. The SMILES string of the molecule is COc1cc(/C(=N\O)C2=COC(c3ccccc3)N2)cc(OC)c1OC. The molecular weight excluding hydrogens is 336 g/mol. The molecule has 7 heteroatoms. The minimum atomic E-state index is -0.356. The summed E-state index contributed by atoms with van der Waals surface area (Å²) in [5.74, 6) is 1.38. The summed E-state index contributed by atoms with van der Waals surface area (Å²) in [6, 6.07) is 13.1. The van der Waals surface area contributed by atoms with E-state index in [9.17, 15) is 5.21 Å². The molecule has 0 saturated heterocycles. The third kappa shape index (κ3) is 3.23. The molecule has 0 aromatic heterocycles. The Hall–Kier alpha value is -3.35. The molecule has 0 bridgehead atoms. The van der Waals surface area contributed by atoms with Crippen molar-refractivity contribution in [3.63, 3.8) is 0 Å². The summed E-state index contributed by atoms with van der Waals surface area (Å²) in [5, 5.41) is 16.2. The van der Waals surface area contributed by atoms with Crippen LogP contribution in [0.1, 0.15) is 17.4 Å². The van der Waals surface area contributed by atoms with E-state index in [-0.39, 0.29) is 6.23 Å². The van der Waals surface area contributed by atoms with Crippen LogP contribution in [0.2, 0.25) is 0 Å². The normalized spacial score (nSPS) is 16.3. The third-order valence-electron chi connectivity index (χ3n) is 4.00. The standard InChI is InChI=1S/C19H20N2O5/c1-23-15-9-13(10-16(24-2)18(15)25-3)17(21-22)14-11-26-19(20-14)12-7-5-4-6-8-12/h4-11,19-20,22H,1-3H3/b21-17+. The summed E-state index contributed by atoms with van der Waals surface area (Å²) in [4.78, 5) is 0. The molecule has 1 aliphatic rings. The van der Waals surface area contributed by atoms with Gasteiger partial charge in [-0.15, -0.1) is 0 Å². The summed E-state index contributed by atoms with van der Waals surface area (Å²) in [5.41, 5.74) is 2.37. The number of nitrogens with one attached hydrogen (secondary N) is 1. The van der Waals surface area contributed by atoms with Gasteiger partial charge in [-0.2, -0.15) is 0 Å². The molecule has 2 N–H and O–H groups in total. The van der Waals surface area contributed by atoms with E-state index >= 15 is 0 Å². The summed E-state index contributed by atoms with van der Waals surface area (Å²) >= 11 is 0. The molecule has 0 amide bonds. The highest BCUT2D eigenvalue weighted by molar-refractivity contribution is 6.12. The highest BCUT2D eigenvalue weighted by Gasteiger charge is 2.25. The number of benzene rings is 2. The van der Waals surface area contributed by atoms with Gasteiger partial charge in [-0.1, -0.05) is 35.5 Å². The lowest BCUT2D eigenvalue weighted by molar-refractivity contribution is 0.154. The summed E-state index contributed by atoms with van der Waals surface area (Å²) in [6.45, 7) is 0. The fourth-order valence-corrected chi connectivity index (χ4v) is 2.74. The fourth-order valence-electron chi connectivity index (χ4n) is 2.74. The minimum absolute atomic E-state index is 0.294. The third-order valence-corrected chi connectivity index (χ3v) is 4.00. The Morgan fingerprint density at radius 1 is 1.04 bits per heavy atom. The molecule has 2 aromatic rings. The second-order valence-corrected chi connectivity index (χ2v) is 5.47. The van der Waals surface area contributed by atoms with Gasteiger partial charge >= 0.3 is 0 Å². The van der Waals surface area contributed by atoms with E-state index in [2.05, 4.69) is 10.5 Å². The first-order chi connectivity index (χ1) is 12.7. The summed E-state index contributed by atoms with van der Waals surface area (Å²) in [6.07, 6.45) is 1.17. The smallest absolute Gasteiger partial charge is 0.203 e.